The molecule has 0 saturated carbocycles. The van der Waals surface area contributed by atoms with Gasteiger partial charge in [-0.1, -0.05) is 12.1 Å². The Balaban J connectivity index is 1.67. The van der Waals surface area contributed by atoms with E-state index in [4.69, 9.17) is 0 Å². The number of nitrogens with zero attached hydrogens (tertiary/aromatic N) is 1. The van der Waals surface area contributed by atoms with Crippen molar-refractivity contribution in [1.29, 1.82) is 0 Å². The van der Waals surface area contributed by atoms with Crippen molar-refractivity contribution in [3.63, 3.8) is 0 Å². The highest BCUT2D eigenvalue weighted by Gasteiger charge is 2.44. The van der Waals surface area contributed by atoms with Crippen LogP contribution in [0.1, 0.15) is 18.4 Å². The van der Waals surface area contributed by atoms with Gasteiger partial charge in [0.25, 0.3) is 0 Å². The molecule has 2 aliphatic rings. The minimum atomic E-state index is -4.67. The van der Waals surface area contributed by atoms with Crippen LogP contribution in [-0.4, -0.2) is 41.6 Å². The minimum absolute atomic E-state index is 0.228. The molecule has 2 saturated heterocycles. The summed E-state index contributed by atoms with van der Waals surface area (Å²) in [7, 11) is 0. The van der Waals surface area contributed by atoms with Gasteiger partial charge in [-0.25, -0.2) is 0 Å². The SMILES string of the molecule is OC1(Cc2ccc(OC(F)(F)F)cc2)CCN2CCC1C2. The molecule has 3 rings (SSSR count). The minimum Gasteiger partial charge on any atom is -0.406 e. The summed E-state index contributed by atoms with van der Waals surface area (Å²) in [5.41, 5.74) is 0.103. The molecule has 0 spiro atoms. The van der Waals surface area contributed by atoms with Gasteiger partial charge in [-0.05, 0) is 37.1 Å². The van der Waals surface area contributed by atoms with Crippen LogP contribution < -0.4 is 4.74 Å². The predicted octanol–water partition coefficient (Wildman–Crippen LogP) is 2.58. The molecule has 1 aromatic carbocycles. The van der Waals surface area contributed by atoms with E-state index in [1.54, 1.807) is 12.1 Å². The second kappa shape index (κ2) is 5.18. The highest BCUT2D eigenvalue weighted by Crippen LogP contribution is 2.38. The van der Waals surface area contributed by atoms with Crippen LogP contribution in [0, 0.1) is 5.92 Å². The number of alkyl halides is 3. The molecule has 1 N–H and O–H groups in total. The summed E-state index contributed by atoms with van der Waals surface area (Å²) < 4.78 is 40.2. The molecular weight excluding hydrogens is 283 g/mol. The van der Waals surface area contributed by atoms with Gasteiger partial charge in [0, 0.05) is 25.4 Å². The molecule has 2 fully saturated rings. The van der Waals surface area contributed by atoms with Crippen LogP contribution in [0.15, 0.2) is 24.3 Å². The van der Waals surface area contributed by atoms with E-state index in [1.165, 1.54) is 12.1 Å². The molecule has 116 valence electrons. The van der Waals surface area contributed by atoms with Crippen LogP contribution in [0.25, 0.3) is 0 Å². The maximum absolute atomic E-state index is 12.1. The van der Waals surface area contributed by atoms with Crippen LogP contribution >= 0.6 is 0 Å². The normalized spacial score (nSPS) is 32.2. The molecule has 6 heteroatoms. The lowest BCUT2D eigenvalue weighted by Gasteiger charge is -2.39. The standard InChI is InChI=1S/C15H18F3NO2/c16-15(17,18)21-13-3-1-11(2-4-13)9-14(20)6-8-19-7-5-12(14)10-19/h1-4,12,20H,5-10H2. The van der Waals surface area contributed by atoms with Crippen molar-refractivity contribution in [2.45, 2.75) is 31.2 Å². The van der Waals surface area contributed by atoms with Crippen LogP contribution in [-0.2, 0) is 6.42 Å². The van der Waals surface area contributed by atoms with E-state index in [2.05, 4.69) is 9.64 Å². The Kier molecular flexibility index (Phi) is 3.61. The average molecular weight is 301 g/mol. The zero-order valence-electron chi connectivity index (χ0n) is 11.6. The second-order valence-electron chi connectivity index (χ2n) is 6.01. The number of rotatable bonds is 3. The number of aliphatic hydroxyl groups is 1. The summed E-state index contributed by atoms with van der Waals surface area (Å²) in [6, 6.07) is 5.80. The third-order valence-corrected chi connectivity index (χ3v) is 4.56. The quantitative estimate of drug-likeness (QED) is 0.931. The fraction of sp³-hybridized carbons (Fsp3) is 0.600. The van der Waals surface area contributed by atoms with Gasteiger partial charge < -0.3 is 14.7 Å². The highest BCUT2D eigenvalue weighted by molar-refractivity contribution is 5.28. The largest absolute Gasteiger partial charge is 0.573 e. The molecule has 1 aromatic rings. The fourth-order valence-electron chi connectivity index (χ4n) is 3.43. The van der Waals surface area contributed by atoms with Gasteiger partial charge in [0.1, 0.15) is 5.75 Å². The molecule has 21 heavy (non-hydrogen) atoms. The van der Waals surface area contributed by atoms with Crippen molar-refractivity contribution >= 4 is 0 Å². The Morgan fingerprint density at radius 1 is 1.24 bits per heavy atom. The molecule has 0 aromatic heterocycles. The lowest BCUT2D eigenvalue weighted by atomic mass is 9.78. The third-order valence-electron chi connectivity index (χ3n) is 4.56. The summed E-state index contributed by atoms with van der Waals surface area (Å²) in [5, 5.41) is 10.8. The lowest BCUT2D eigenvalue weighted by Crippen LogP contribution is -2.47. The van der Waals surface area contributed by atoms with Gasteiger partial charge in [-0.2, -0.15) is 0 Å². The first-order valence-electron chi connectivity index (χ1n) is 7.13. The Morgan fingerprint density at radius 2 is 1.95 bits per heavy atom. The smallest absolute Gasteiger partial charge is 0.406 e. The number of hydrogen-bond acceptors (Lipinski definition) is 3. The molecule has 2 bridgehead atoms. The molecule has 2 heterocycles. The Hall–Kier alpha value is -1.27. The second-order valence-corrected chi connectivity index (χ2v) is 6.01. The topological polar surface area (TPSA) is 32.7 Å². The summed E-state index contributed by atoms with van der Waals surface area (Å²) in [4.78, 5) is 2.35. The first-order valence-corrected chi connectivity index (χ1v) is 7.13. The van der Waals surface area contributed by atoms with Crippen LogP contribution in [0.2, 0.25) is 0 Å². The molecule has 3 unspecified atom stereocenters. The number of benzene rings is 1. The van der Waals surface area contributed by atoms with E-state index >= 15 is 0 Å². The van der Waals surface area contributed by atoms with E-state index in [0.717, 1.165) is 38.0 Å². The average Bonchev–Trinajstić information content (AvgIpc) is 2.81. The van der Waals surface area contributed by atoms with Gasteiger partial charge >= 0.3 is 6.36 Å². The van der Waals surface area contributed by atoms with Crippen molar-refractivity contribution in [3.05, 3.63) is 29.8 Å². The zero-order valence-corrected chi connectivity index (χ0v) is 11.6. The summed E-state index contributed by atoms with van der Waals surface area (Å²) >= 11 is 0. The highest BCUT2D eigenvalue weighted by atomic mass is 19.4. The van der Waals surface area contributed by atoms with Gasteiger partial charge in [0.05, 0.1) is 5.60 Å². The maximum Gasteiger partial charge on any atom is 0.573 e. The third kappa shape index (κ3) is 3.32. The van der Waals surface area contributed by atoms with E-state index < -0.39 is 12.0 Å². The molecule has 3 nitrogen and oxygen atoms in total. The van der Waals surface area contributed by atoms with Crippen molar-refractivity contribution < 1.29 is 23.0 Å². The Labute approximate surface area is 121 Å². The van der Waals surface area contributed by atoms with Crippen LogP contribution in [0.3, 0.4) is 0 Å². The monoisotopic (exact) mass is 301 g/mol. The number of piperidine rings is 1. The maximum atomic E-state index is 12.1. The van der Waals surface area contributed by atoms with Crippen molar-refractivity contribution in [1.82, 2.24) is 4.90 Å². The summed E-state index contributed by atoms with van der Waals surface area (Å²) in [6.45, 7) is 2.85. The first-order chi connectivity index (χ1) is 9.84. The van der Waals surface area contributed by atoms with Gasteiger partial charge in [0.15, 0.2) is 0 Å². The molecule has 3 atom stereocenters. The Morgan fingerprint density at radius 3 is 2.62 bits per heavy atom. The van der Waals surface area contributed by atoms with E-state index in [9.17, 15) is 18.3 Å². The van der Waals surface area contributed by atoms with Gasteiger partial charge in [0.2, 0.25) is 0 Å². The van der Waals surface area contributed by atoms with E-state index in [1.807, 2.05) is 0 Å². The van der Waals surface area contributed by atoms with Gasteiger partial charge in [-0.3, -0.25) is 0 Å². The number of ether oxygens (including phenoxy) is 1. The molecule has 0 aliphatic carbocycles. The summed E-state index contributed by atoms with van der Waals surface area (Å²) in [5.74, 6) is 0.0336. The Bertz CT molecular complexity index is 503. The van der Waals surface area contributed by atoms with E-state index in [0.29, 0.717) is 6.42 Å². The molecule has 0 radical (unpaired) electrons. The fourth-order valence-corrected chi connectivity index (χ4v) is 3.43. The lowest BCUT2D eigenvalue weighted by molar-refractivity contribution is -0.274. The van der Waals surface area contributed by atoms with Crippen LogP contribution in [0.5, 0.6) is 5.75 Å². The molecule has 0 amide bonds. The van der Waals surface area contributed by atoms with Crippen LogP contribution in [0.4, 0.5) is 13.2 Å². The van der Waals surface area contributed by atoms with Crippen molar-refractivity contribution in [3.8, 4) is 5.75 Å². The van der Waals surface area contributed by atoms with Crippen molar-refractivity contribution in [2.75, 3.05) is 19.6 Å². The van der Waals surface area contributed by atoms with Gasteiger partial charge in [-0.15, -0.1) is 13.2 Å². The number of fused-ring (bicyclic) bond motifs is 2. The molecular formula is C15H18F3NO2. The zero-order chi connectivity index (χ0) is 15.1. The predicted molar refractivity (Wildman–Crippen MR) is 70.9 cm³/mol. The first kappa shape index (κ1) is 14.7. The van der Waals surface area contributed by atoms with E-state index in [-0.39, 0.29) is 11.7 Å². The number of hydrogen-bond donors (Lipinski definition) is 1. The van der Waals surface area contributed by atoms with Crippen molar-refractivity contribution in [2.24, 2.45) is 5.92 Å². The molecule has 2 aliphatic heterocycles. The number of halogens is 3. The summed E-state index contributed by atoms with van der Waals surface area (Å²) in [6.07, 6.45) is -2.47.